The van der Waals surface area contributed by atoms with Gasteiger partial charge in [0.2, 0.25) is 5.78 Å². The number of carbonyl (C=O) groups is 1. The van der Waals surface area contributed by atoms with Crippen molar-refractivity contribution in [2.75, 3.05) is 0 Å². The van der Waals surface area contributed by atoms with E-state index in [1.165, 1.54) is 10.9 Å². The number of ketones is 1. The van der Waals surface area contributed by atoms with Gasteiger partial charge in [0.25, 0.3) is 5.56 Å². The molecule has 3 aromatic rings. The molecule has 6 nitrogen and oxygen atoms in total. The summed E-state index contributed by atoms with van der Waals surface area (Å²) in [7, 11) is 1.56. The van der Waals surface area contributed by atoms with E-state index in [1.807, 2.05) is 6.92 Å². The standard InChI is InChI=1S/C17H17N3O3S/c1-4-5-8-20-14-10(2)11(6-7-13(14)24-17(20)23)15(21)12-9-18-19(3)16(12)22/h4,6-7,9,18H,1,5,8H2,2-3H3. The van der Waals surface area contributed by atoms with E-state index in [0.29, 0.717) is 24.1 Å². The van der Waals surface area contributed by atoms with Crippen molar-refractivity contribution in [2.24, 2.45) is 7.05 Å². The number of fused-ring (bicyclic) bond motifs is 1. The average Bonchev–Trinajstić information content (AvgIpc) is 3.05. The second kappa shape index (κ2) is 6.09. The minimum absolute atomic E-state index is 0.0582. The second-order valence-electron chi connectivity index (χ2n) is 5.56. The summed E-state index contributed by atoms with van der Waals surface area (Å²) in [5.74, 6) is -0.342. The quantitative estimate of drug-likeness (QED) is 0.570. The van der Waals surface area contributed by atoms with Crippen molar-refractivity contribution in [2.45, 2.75) is 19.9 Å². The van der Waals surface area contributed by atoms with Crippen LogP contribution in [0.1, 0.15) is 27.9 Å². The number of aromatic nitrogens is 3. The van der Waals surface area contributed by atoms with Gasteiger partial charge in [0.15, 0.2) is 0 Å². The Hall–Kier alpha value is -2.67. The van der Waals surface area contributed by atoms with Gasteiger partial charge in [-0.05, 0) is 31.0 Å². The number of hydrogen-bond acceptors (Lipinski definition) is 4. The molecule has 124 valence electrons. The van der Waals surface area contributed by atoms with E-state index in [0.717, 1.165) is 21.6 Å². The van der Waals surface area contributed by atoms with Crippen LogP contribution in [0.3, 0.4) is 0 Å². The molecule has 0 bridgehead atoms. The van der Waals surface area contributed by atoms with Gasteiger partial charge in [-0.2, -0.15) is 0 Å². The molecule has 0 atom stereocenters. The van der Waals surface area contributed by atoms with Crippen LogP contribution < -0.4 is 10.4 Å². The van der Waals surface area contributed by atoms with Crippen LogP contribution in [-0.4, -0.2) is 20.1 Å². The smallest absolute Gasteiger partial charge is 0.302 e. The van der Waals surface area contributed by atoms with Crippen LogP contribution in [0.5, 0.6) is 0 Å². The normalized spacial score (nSPS) is 11.1. The summed E-state index contributed by atoms with van der Waals surface area (Å²) in [6.45, 7) is 6.01. The predicted octanol–water partition coefficient (Wildman–Crippen LogP) is 2.21. The van der Waals surface area contributed by atoms with Gasteiger partial charge in [-0.3, -0.25) is 23.6 Å². The molecule has 0 unspecified atom stereocenters. The molecule has 0 aliphatic carbocycles. The predicted molar refractivity (Wildman–Crippen MR) is 95.1 cm³/mol. The van der Waals surface area contributed by atoms with E-state index in [2.05, 4.69) is 11.7 Å². The molecule has 0 amide bonds. The SMILES string of the molecule is C=CCCn1c(=O)sc2ccc(C(=O)c3c[nH]n(C)c3=O)c(C)c21. The molecule has 0 spiro atoms. The first-order chi connectivity index (χ1) is 11.5. The molecule has 2 aromatic heterocycles. The largest absolute Gasteiger partial charge is 0.308 e. The lowest BCUT2D eigenvalue weighted by Gasteiger charge is -2.08. The van der Waals surface area contributed by atoms with Crippen molar-refractivity contribution in [3.05, 3.63) is 67.7 Å². The Bertz CT molecular complexity index is 1070. The monoisotopic (exact) mass is 343 g/mol. The van der Waals surface area contributed by atoms with Crippen LogP contribution >= 0.6 is 11.3 Å². The van der Waals surface area contributed by atoms with Crippen LogP contribution in [0.25, 0.3) is 10.2 Å². The van der Waals surface area contributed by atoms with E-state index >= 15 is 0 Å². The van der Waals surface area contributed by atoms with Gasteiger partial charge in [0.05, 0.1) is 10.2 Å². The van der Waals surface area contributed by atoms with Crippen LogP contribution in [0.4, 0.5) is 0 Å². The summed E-state index contributed by atoms with van der Waals surface area (Å²) in [6, 6.07) is 3.45. The molecular weight excluding hydrogens is 326 g/mol. The first kappa shape index (κ1) is 16.2. The summed E-state index contributed by atoms with van der Waals surface area (Å²) in [6.07, 6.45) is 3.83. The summed E-state index contributed by atoms with van der Waals surface area (Å²) in [5, 5.41) is 2.71. The topological polar surface area (TPSA) is 76.9 Å². The van der Waals surface area contributed by atoms with Crippen LogP contribution in [0.2, 0.25) is 0 Å². The molecule has 0 saturated heterocycles. The van der Waals surface area contributed by atoms with Crippen molar-refractivity contribution in [1.29, 1.82) is 0 Å². The van der Waals surface area contributed by atoms with E-state index < -0.39 is 0 Å². The number of allylic oxidation sites excluding steroid dienone is 1. The molecule has 0 fully saturated rings. The van der Waals surface area contributed by atoms with Crippen LogP contribution in [-0.2, 0) is 13.6 Å². The molecular formula is C17H17N3O3S. The fraction of sp³-hybridized carbons (Fsp3) is 0.235. The fourth-order valence-corrected chi connectivity index (χ4v) is 3.75. The number of hydrogen-bond donors (Lipinski definition) is 1. The Morgan fingerprint density at radius 1 is 1.33 bits per heavy atom. The fourth-order valence-electron chi connectivity index (χ4n) is 2.77. The number of rotatable bonds is 5. The van der Waals surface area contributed by atoms with Gasteiger partial charge in [-0.25, -0.2) is 0 Å². The van der Waals surface area contributed by atoms with Gasteiger partial charge >= 0.3 is 4.87 Å². The molecule has 24 heavy (non-hydrogen) atoms. The number of nitrogens with zero attached hydrogens (tertiary/aromatic N) is 2. The van der Waals surface area contributed by atoms with Crippen molar-refractivity contribution in [3.8, 4) is 0 Å². The van der Waals surface area contributed by atoms with Gasteiger partial charge in [0, 0.05) is 25.4 Å². The minimum Gasteiger partial charge on any atom is -0.302 e. The number of aryl methyl sites for hydroxylation is 3. The number of carbonyl (C=O) groups excluding carboxylic acids is 1. The van der Waals surface area contributed by atoms with Crippen LogP contribution in [0.15, 0.2) is 40.6 Å². The Balaban J connectivity index is 2.19. The summed E-state index contributed by atoms with van der Waals surface area (Å²) < 4.78 is 3.76. The lowest BCUT2D eigenvalue weighted by atomic mass is 10.00. The first-order valence-electron chi connectivity index (χ1n) is 7.48. The minimum atomic E-state index is -0.367. The molecule has 0 aliphatic heterocycles. The first-order valence-corrected chi connectivity index (χ1v) is 8.30. The maximum absolute atomic E-state index is 12.7. The molecule has 0 saturated carbocycles. The third kappa shape index (κ3) is 2.46. The third-order valence-electron chi connectivity index (χ3n) is 4.07. The number of thiazole rings is 1. The molecule has 0 aliphatic rings. The highest BCUT2D eigenvalue weighted by Gasteiger charge is 2.20. The Morgan fingerprint density at radius 2 is 2.08 bits per heavy atom. The summed E-state index contributed by atoms with van der Waals surface area (Å²) in [5.41, 5.74) is 1.63. The summed E-state index contributed by atoms with van der Waals surface area (Å²) >= 11 is 1.16. The van der Waals surface area contributed by atoms with E-state index in [1.54, 1.807) is 29.8 Å². The number of H-pyrrole nitrogens is 1. The van der Waals surface area contributed by atoms with Gasteiger partial charge in [-0.15, -0.1) is 6.58 Å². The van der Waals surface area contributed by atoms with Crippen molar-refractivity contribution < 1.29 is 4.79 Å². The highest BCUT2D eigenvalue weighted by molar-refractivity contribution is 7.16. The maximum Gasteiger partial charge on any atom is 0.308 e. The molecule has 3 rings (SSSR count). The Kier molecular flexibility index (Phi) is 4.11. The van der Waals surface area contributed by atoms with Gasteiger partial charge in [0.1, 0.15) is 5.56 Å². The van der Waals surface area contributed by atoms with Gasteiger partial charge < -0.3 is 5.10 Å². The van der Waals surface area contributed by atoms with Gasteiger partial charge in [-0.1, -0.05) is 17.4 Å². The Morgan fingerprint density at radius 3 is 2.71 bits per heavy atom. The van der Waals surface area contributed by atoms with E-state index in [9.17, 15) is 14.4 Å². The zero-order valence-corrected chi connectivity index (χ0v) is 14.3. The second-order valence-corrected chi connectivity index (χ2v) is 6.56. The number of aromatic amines is 1. The zero-order valence-electron chi connectivity index (χ0n) is 13.5. The Labute approximate surface area is 141 Å². The lowest BCUT2D eigenvalue weighted by molar-refractivity contribution is 0.103. The van der Waals surface area contributed by atoms with E-state index in [-0.39, 0.29) is 21.8 Å². The maximum atomic E-state index is 12.7. The highest BCUT2D eigenvalue weighted by Crippen LogP contribution is 2.25. The van der Waals surface area contributed by atoms with Crippen molar-refractivity contribution in [1.82, 2.24) is 14.3 Å². The molecule has 0 radical (unpaired) electrons. The number of benzene rings is 1. The van der Waals surface area contributed by atoms with Crippen LogP contribution in [0, 0.1) is 6.92 Å². The zero-order chi connectivity index (χ0) is 17.4. The lowest BCUT2D eigenvalue weighted by Crippen LogP contribution is -2.20. The van der Waals surface area contributed by atoms with Crippen molar-refractivity contribution >= 4 is 27.3 Å². The molecule has 2 heterocycles. The average molecular weight is 343 g/mol. The molecule has 1 aromatic carbocycles. The third-order valence-corrected chi connectivity index (χ3v) is 5.01. The highest BCUT2D eigenvalue weighted by atomic mass is 32.1. The van der Waals surface area contributed by atoms with E-state index in [4.69, 9.17) is 0 Å². The van der Waals surface area contributed by atoms with Crippen molar-refractivity contribution in [3.63, 3.8) is 0 Å². The molecule has 1 N–H and O–H groups in total. The molecule has 7 heteroatoms. The summed E-state index contributed by atoms with van der Waals surface area (Å²) in [4.78, 5) is 36.9. The number of nitrogens with one attached hydrogen (secondary N) is 1.